The van der Waals surface area contributed by atoms with Gasteiger partial charge in [0.05, 0.1) is 6.61 Å². The third-order valence-corrected chi connectivity index (χ3v) is 6.02. The van der Waals surface area contributed by atoms with Crippen LogP contribution in [-0.2, 0) is 4.74 Å². The average molecular weight is 344 g/mol. The fourth-order valence-electron chi connectivity index (χ4n) is 3.50. The predicted octanol–water partition coefficient (Wildman–Crippen LogP) is 3.00. The topological polar surface area (TPSA) is 55.6 Å². The molecule has 2 aromatic rings. The maximum Gasteiger partial charge on any atom is 0.260 e. The Labute approximate surface area is 145 Å². The zero-order valence-corrected chi connectivity index (χ0v) is 14.4. The Morgan fingerprint density at radius 1 is 1.33 bits per heavy atom. The van der Waals surface area contributed by atoms with E-state index in [9.17, 15) is 4.79 Å². The van der Waals surface area contributed by atoms with Gasteiger partial charge in [0.2, 0.25) is 0 Å². The van der Waals surface area contributed by atoms with E-state index in [2.05, 4.69) is 5.16 Å². The van der Waals surface area contributed by atoms with E-state index >= 15 is 0 Å². The van der Waals surface area contributed by atoms with E-state index in [1.165, 1.54) is 0 Å². The maximum atomic E-state index is 13.3. The van der Waals surface area contributed by atoms with Crippen LogP contribution in [0.25, 0.3) is 11.3 Å². The lowest BCUT2D eigenvalue weighted by Crippen LogP contribution is -2.54. The first-order valence-electron chi connectivity index (χ1n) is 8.27. The number of benzene rings is 1. The third kappa shape index (κ3) is 2.74. The molecule has 0 N–H and O–H groups in total. The predicted molar refractivity (Wildman–Crippen MR) is 93.2 cm³/mol. The van der Waals surface area contributed by atoms with E-state index in [1.807, 2.05) is 53.9 Å². The Morgan fingerprint density at radius 3 is 3.00 bits per heavy atom. The smallest absolute Gasteiger partial charge is 0.260 e. The molecule has 3 heterocycles. The molecule has 0 aliphatic carbocycles. The van der Waals surface area contributed by atoms with Crippen LogP contribution in [0.2, 0.25) is 0 Å². The van der Waals surface area contributed by atoms with Crippen LogP contribution in [0.5, 0.6) is 0 Å². The fraction of sp³-hybridized carbons (Fsp3) is 0.444. The van der Waals surface area contributed by atoms with Crippen molar-refractivity contribution in [1.82, 2.24) is 10.1 Å². The van der Waals surface area contributed by atoms with Gasteiger partial charge in [-0.15, -0.1) is 0 Å². The van der Waals surface area contributed by atoms with Crippen LogP contribution in [0, 0.1) is 6.92 Å². The van der Waals surface area contributed by atoms with Gasteiger partial charge >= 0.3 is 0 Å². The minimum atomic E-state index is 0.0322. The first kappa shape index (κ1) is 15.7. The summed E-state index contributed by atoms with van der Waals surface area (Å²) >= 11 is 1.91. The zero-order valence-electron chi connectivity index (χ0n) is 13.6. The molecule has 0 bridgehead atoms. The van der Waals surface area contributed by atoms with Crippen molar-refractivity contribution in [2.75, 3.05) is 25.5 Å². The molecule has 2 fully saturated rings. The first-order valence-corrected chi connectivity index (χ1v) is 9.32. The Kier molecular flexibility index (Phi) is 4.33. The summed E-state index contributed by atoms with van der Waals surface area (Å²) in [5.74, 6) is 1.56. The SMILES string of the molecule is Cc1onc(-c2ccccc2)c1C(=O)N1CCS[C@H]2COCC[C@@H]21. The third-order valence-electron chi connectivity index (χ3n) is 4.72. The highest BCUT2D eigenvalue weighted by molar-refractivity contribution is 8.00. The van der Waals surface area contributed by atoms with Gasteiger partial charge in [-0.25, -0.2) is 0 Å². The van der Waals surface area contributed by atoms with Crippen molar-refractivity contribution < 1.29 is 14.1 Å². The van der Waals surface area contributed by atoms with Gasteiger partial charge in [-0.2, -0.15) is 11.8 Å². The van der Waals surface area contributed by atoms with E-state index in [4.69, 9.17) is 9.26 Å². The van der Waals surface area contributed by atoms with Gasteiger partial charge in [0, 0.05) is 35.8 Å². The highest BCUT2D eigenvalue weighted by atomic mass is 32.2. The number of aromatic nitrogens is 1. The number of ether oxygens (including phenoxy) is 1. The average Bonchev–Trinajstić information content (AvgIpc) is 3.03. The van der Waals surface area contributed by atoms with Crippen molar-refractivity contribution in [3.63, 3.8) is 0 Å². The largest absolute Gasteiger partial charge is 0.380 e. The summed E-state index contributed by atoms with van der Waals surface area (Å²) in [4.78, 5) is 15.3. The molecule has 0 unspecified atom stereocenters. The van der Waals surface area contributed by atoms with Gasteiger partial charge in [-0.05, 0) is 13.3 Å². The molecule has 2 saturated heterocycles. The molecule has 0 saturated carbocycles. The monoisotopic (exact) mass is 344 g/mol. The van der Waals surface area contributed by atoms with Gasteiger partial charge in [-0.1, -0.05) is 35.5 Å². The molecule has 0 radical (unpaired) electrons. The number of rotatable bonds is 2. The molecule has 126 valence electrons. The van der Waals surface area contributed by atoms with E-state index in [0.717, 1.165) is 37.5 Å². The van der Waals surface area contributed by atoms with Crippen molar-refractivity contribution in [3.8, 4) is 11.3 Å². The van der Waals surface area contributed by atoms with Crippen LogP contribution in [0.4, 0.5) is 0 Å². The number of carbonyl (C=O) groups is 1. The molecule has 1 aromatic heterocycles. The molecule has 6 heteroatoms. The van der Waals surface area contributed by atoms with Gasteiger partial charge in [-0.3, -0.25) is 4.79 Å². The van der Waals surface area contributed by atoms with E-state index in [0.29, 0.717) is 22.3 Å². The quantitative estimate of drug-likeness (QED) is 0.838. The summed E-state index contributed by atoms with van der Waals surface area (Å²) in [6, 6.07) is 9.99. The normalized spacial score (nSPS) is 23.8. The maximum absolute atomic E-state index is 13.3. The summed E-state index contributed by atoms with van der Waals surface area (Å²) in [5.41, 5.74) is 2.14. The molecular weight excluding hydrogens is 324 g/mol. The molecule has 1 amide bonds. The summed E-state index contributed by atoms with van der Waals surface area (Å²) < 4.78 is 11.0. The Hall–Kier alpha value is -1.79. The molecule has 1 aromatic carbocycles. The van der Waals surface area contributed by atoms with Crippen molar-refractivity contribution >= 4 is 17.7 Å². The van der Waals surface area contributed by atoms with Crippen LogP contribution in [0.3, 0.4) is 0 Å². The van der Waals surface area contributed by atoms with Crippen LogP contribution >= 0.6 is 11.8 Å². The molecule has 2 atom stereocenters. The van der Waals surface area contributed by atoms with E-state index in [1.54, 1.807) is 0 Å². The van der Waals surface area contributed by atoms with E-state index in [-0.39, 0.29) is 11.9 Å². The van der Waals surface area contributed by atoms with Gasteiger partial charge in [0.15, 0.2) is 0 Å². The van der Waals surface area contributed by atoms with Crippen molar-refractivity contribution in [3.05, 3.63) is 41.7 Å². The highest BCUT2D eigenvalue weighted by Crippen LogP contribution is 2.33. The summed E-state index contributed by atoms with van der Waals surface area (Å²) in [6.45, 7) is 4.03. The van der Waals surface area contributed by atoms with Crippen LogP contribution in [-0.4, -0.2) is 52.8 Å². The van der Waals surface area contributed by atoms with Crippen LogP contribution in [0.15, 0.2) is 34.9 Å². The Balaban J connectivity index is 1.68. The van der Waals surface area contributed by atoms with Crippen molar-refractivity contribution in [2.24, 2.45) is 0 Å². The van der Waals surface area contributed by atoms with Gasteiger partial charge < -0.3 is 14.2 Å². The number of hydrogen-bond acceptors (Lipinski definition) is 5. The lowest BCUT2D eigenvalue weighted by molar-refractivity contribution is 0.0318. The van der Waals surface area contributed by atoms with Crippen LogP contribution < -0.4 is 0 Å². The second kappa shape index (κ2) is 6.61. The molecule has 2 aliphatic heterocycles. The number of aryl methyl sites for hydroxylation is 1. The fourth-order valence-corrected chi connectivity index (χ4v) is 4.80. The molecule has 4 rings (SSSR count). The molecule has 2 aliphatic rings. The van der Waals surface area contributed by atoms with Gasteiger partial charge in [0.1, 0.15) is 17.0 Å². The number of hydrogen-bond donors (Lipinski definition) is 0. The Morgan fingerprint density at radius 2 is 2.17 bits per heavy atom. The highest BCUT2D eigenvalue weighted by Gasteiger charge is 2.39. The lowest BCUT2D eigenvalue weighted by atomic mass is 10.0. The Bertz CT molecular complexity index is 729. The second-order valence-corrected chi connectivity index (χ2v) is 7.51. The molecular formula is C18H20N2O3S. The molecule has 24 heavy (non-hydrogen) atoms. The summed E-state index contributed by atoms with van der Waals surface area (Å²) in [6.07, 6.45) is 0.897. The van der Waals surface area contributed by atoms with Crippen LogP contribution in [0.1, 0.15) is 22.5 Å². The number of fused-ring (bicyclic) bond motifs is 1. The number of nitrogens with zero attached hydrogens (tertiary/aromatic N) is 2. The van der Waals surface area contributed by atoms with Gasteiger partial charge in [0.25, 0.3) is 5.91 Å². The lowest BCUT2D eigenvalue weighted by Gasteiger charge is -2.43. The van der Waals surface area contributed by atoms with Crippen molar-refractivity contribution in [1.29, 1.82) is 0 Å². The zero-order chi connectivity index (χ0) is 16.5. The minimum absolute atomic E-state index is 0.0322. The molecule has 0 spiro atoms. The summed E-state index contributed by atoms with van der Waals surface area (Å²) in [5, 5.41) is 4.53. The number of thioether (sulfide) groups is 1. The van der Waals surface area contributed by atoms with E-state index < -0.39 is 0 Å². The van der Waals surface area contributed by atoms with Crippen molar-refractivity contribution in [2.45, 2.75) is 24.6 Å². The number of amides is 1. The summed E-state index contributed by atoms with van der Waals surface area (Å²) in [7, 11) is 0. The minimum Gasteiger partial charge on any atom is -0.380 e. The standard InChI is InChI=1S/C18H20N2O3S/c1-12-16(17(19-23-12)13-5-3-2-4-6-13)18(21)20-8-10-24-15-11-22-9-7-14(15)20/h2-6,14-15H,7-11H2,1H3/t14-,15-/m0/s1. The number of carbonyl (C=O) groups excluding carboxylic acids is 1. The second-order valence-electron chi connectivity index (χ2n) is 6.17. The first-order chi connectivity index (χ1) is 11.8. The molecule has 5 nitrogen and oxygen atoms in total.